The van der Waals surface area contributed by atoms with Gasteiger partial charge in [-0.15, -0.1) is 0 Å². The molecule has 0 saturated heterocycles. The standard InChI is InChI=1S/C21H46P/c1-5-9-11-13-15-17-21-22(18-7-3,19-8-4)20-16-14-12-10-6-2/h5-21H2,1-4H3/q+1. The maximum atomic E-state index is 2.42. The van der Waals surface area contributed by atoms with Crippen molar-refractivity contribution in [2.24, 2.45) is 0 Å². The van der Waals surface area contributed by atoms with Crippen molar-refractivity contribution in [3.8, 4) is 0 Å². The lowest BCUT2D eigenvalue weighted by molar-refractivity contribution is 0.624. The van der Waals surface area contributed by atoms with E-state index in [2.05, 4.69) is 27.7 Å². The van der Waals surface area contributed by atoms with E-state index in [1.54, 1.807) is 24.6 Å². The molecule has 0 rings (SSSR count). The Morgan fingerprint density at radius 2 is 0.727 bits per heavy atom. The second kappa shape index (κ2) is 16.3. The maximum Gasteiger partial charge on any atom is 0.0594 e. The lowest BCUT2D eigenvalue weighted by Gasteiger charge is -2.27. The van der Waals surface area contributed by atoms with E-state index in [1.807, 2.05) is 0 Å². The molecule has 0 saturated carbocycles. The maximum absolute atomic E-state index is 2.42. The molecule has 134 valence electrons. The predicted octanol–water partition coefficient (Wildman–Crippen LogP) is 8.15. The molecule has 0 aromatic rings. The minimum absolute atomic E-state index is 0.600. The average molecular weight is 330 g/mol. The lowest BCUT2D eigenvalue weighted by atomic mass is 10.1. The molecule has 0 aliphatic carbocycles. The monoisotopic (exact) mass is 329 g/mol. The third-order valence-corrected chi connectivity index (χ3v) is 10.4. The molecule has 0 amide bonds. The van der Waals surface area contributed by atoms with Crippen LogP contribution in [0.5, 0.6) is 0 Å². The Labute approximate surface area is 143 Å². The van der Waals surface area contributed by atoms with Crippen molar-refractivity contribution >= 4 is 7.26 Å². The van der Waals surface area contributed by atoms with Gasteiger partial charge in [0.25, 0.3) is 0 Å². The van der Waals surface area contributed by atoms with Gasteiger partial charge >= 0.3 is 0 Å². The Morgan fingerprint density at radius 3 is 1.09 bits per heavy atom. The summed E-state index contributed by atoms with van der Waals surface area (Å²) in [5.41, 5.74) is 0. The van der Waals surface area contributed by atoms with Crippen LogP contribution >= 0.6 is 7.26 Å². The molecule has 22 heavy (non-hydrogen) atoms. The molecule has 0 bridgehead atoms. The van der Waals surface area contributed by atoms with Gasteiger partial charge in [0.15, 0.2) is 0 Å². The Morgan fingerprint density at radius 1 is 0.364 bits per heavy atom. The van der Waals surface area contributed by atoms with E-state index in [4.69, 9.17) is 0 Å². The summed E-state index contributed by atoms with van der Waals surface area (Å²) < 4.78 is 0. The van der Waals surface area contributed by atoms with Gasteiger partial charge in [-0.05, 0) is 38.5 Å². The molecule has 0 fully saturated rings. The summed E-state index contributed by atoms with van der Waals surface area (Å²) in [6, 6.07) is 0. The summed E-state index contributed by atoms with van der Waals surface area (Å²) in [5, 5.41) is 0. The van der Waals surface area contributed by atoms with Crippen LogP contribution in [0.4, 0.5) is 0 Å². The van der Waals surface area contributed by atoms with E-state index in [-0.39, 0.29) is 0 Å². The fourth-order valence-corrected chi connectivity index (χ4v) is 8.93. The largest absolute Gasteiger partial charge is 0.0654 e. The Kier molecular flexibility index (Phi) is 16.6. The summed E-state index contributed by atoms with van der Waals surface area (Å²) >= 11 is 0. The minimum Gasteiger partial charge on any atom is -0.0654 e. The Bertz CT molecular complexity index is 206. The van der Waals surface area contributed by atoms with Crippen molar-refractivity contribution in [1.29, 1.82) is 0 Å². The molecule has 0 unspecified atom stereocenters. The lowest BCUT2D eigenvalue weighted by Crippen LogP contribution is -2.12. The van der Waals surface area contributed by atoms with Gasteiger partial charge in [-0.3, -0.25) is 0 Å². The first-order valence-electron chi connectivity index (χ1n) is 10.6. The second-order valence-corrected chi connectivity index (χ2v) is 11.9. The van der Waals surface area contributed by atoms with Crippen molar-refractivity contribution in [3.05, 3.63) is 0 Å². The van der Waals surface area contributed by atoms with Gasteiger partial charge in [-0.1, -0.05) is 72.6 Å². The van der Waals surface area contributed by atoms with Crippen molar-refractivity contribution in [2.45, 2.75) is 111 Å². The first-order chi connectivity index (χ1) is 10.7. The van der Waals surface area contributed by atoms with Gasteiger partial charge in [-0.25, -0.2) is 0 Å². The molecule has 0 aromatic heterocycles. The quantitative estimate of drug-likeness (QED) is 0.186. The molecule has 0 aliphatic heterocycles. The van der Waals surface area contributed by atoms with Crippen LogP contribution in [0.15, 0.2) is 0 Å². The third-order valence-electron chi connectivity index (χ3n) is 5.12. The molecule has 0 nitrogen and oxygen atoms in total. The van der Waals surface area contributed by atoms with Crippen molar-refractivity contribution < 1.29 is 0 Å². The van der Waals surface area contributed by atoms with Crippen LogP contribution in [0.1, 0.15) is 111 Å². The van der Waals surface area contributed by atoms with Crippen LogP contribution in [0, 0.1) is 0 Å². The molecule has 0 aromatic carbocycles. The van der Waals surface area contributed by atoms with Gasteiger partial charge in [-0.2, -0.15) is 0 Å². The van der Waals surface area contributed by atoms with Crippen molar-refractivity contribution in [3.63, 3.8) is 0 Å². The van der Waals surface area contributed by atoms with Crippen LogP contribution < -0.4 is 0 Å². The van der Waals surface area contributed by atoms with E-state index in [9.17, 15) is 0 Å². The minimum atomic E-state index is -0.600. The molecule has 0 atom stereocenters. The highest BCUT2D eigenvalue weighted by molar-refractivity contribution is 7.75. The van der Waals surface area contributed by atoms with E-state index in [0.29, 0.717) is 0 Å². The molecule has 0 spiro atoms. The zero-order valence-electron chi connectivity index (χ0n) is 16.5. The van der Waals surface area contributed by atoms with Gasteiger partial charge in [0.2, 0.25) is 0 Å². The highest BCUT2D eigenvalue weighted by Crippen LogP contribution is 2.61. The smallest absolute Gasteiger partial charge is 0.0594 e. The molecular weight excluding hydrogens is 283 g/mol. The zero-order chi connectivity index (χ0) is 16.5. The van der Waals surface area contributed by atoms with Crippen molar-refractivity contribution in [2.75, 3.05) is 24.6 Å². The third kappa shape index (κ3) is 11.9. The SMILES string of the molecule is CCCCCCCC[P+](CCC)(CCC)CCCCCCC. The van der Waals surface area contributed by atoms with E-state index >= 15 is 0 Å². The highest BCUT2D eigenvalue weighted by Gasteiger charge is 2.33. The number of hydrogen-bond donors (Lipinski definition) is 0. The molecule has 0 radical (unpaired) electrons. The predicted molar refractivity (Wildman–Crippen MR) is 109 cm³/mol. The molecule has 0 heterocycles. The molecule has 0 aliphatic rings. The first-order valence-corrected chi connectivity index (χ1v) is 13.1. The Hall–Kier alpha value is 0.430. The normalized spacial score (nSPS) is 12.0. The fourth-order valence-electron chi connectivity index (χ4n) is 3.90. The van der Waals surface area contributed by atoms with Gasteiger partial charge in [0, 0.05) is 7.26 Å². The average Bonchev–Trinajstić information content (AvgIpc) is 2.51. The summed E-state index contributed by atoms with van der Waals surface area (Å²) in [7, 11) is -0.600. The van der Waals surface area contributed by atoms with Gasteiger partial charge in [0.1, 0.15) is 0 Å². The second-order valence-electron chi connectivity index (χ2n) is 7.42. The van der Waals surface area contributed by atoms with Crippen molar-refractivity contribution in [1.82, 2.24) is 0 Å². The van der Waals surface area contributed by atoms with E-state index in [0.717, 1.165) is 0 Å². The topological polar surface area (TPSA) is 0 Å². The molecule has 0 N–H and O–H groups in total. The highest BCUT2D eigenvalue weighted by atomic mass is 31.2. The van der Waals surface area contributed by atoms with Gasteiger partial charge in [0.05, 0.1) is 24.6 Å². The summed E-state index contributed by atoms with van der Waals surface area (Å²) in [6.07, 6.45) is 25.4. The van der Waals surface area contributed by atoms with Gasteiger partial charge < -0.3 is 0 Å². The number of hydrogen-bond acceptors (Lipinski definition) is 0. The zero-order valence-corrected chi connectivity index (χ0v) is 17.4. The van der Waals surface area contributed by atoms with E-state index in [1.165, 1.54) is 83.5 Å². The summed E-state index contributed by atoms with van der Waals surface area (Å²) in [6.45, 7) is 9.48. The summed E-state index contributed by atoms with van der Waals surface area (Å²) in [4.78, 5) is 0. The Balaban J connectivity index is 4.13. The van der Waals surface area contributed by atoms with Crippen LogP contribution in [0.3, 0.4) is 0 Å². The van der Waals surface area contributed by atoms with Crippen LogP contribution in [0.2, 0.25) is 0 Å². The number of rotatable bonds is 17. The van der Waals surface area contributed by atoms with Crippen LogP contribution in [0.25, 0.3) is 0 Å². The van der Waals surface area contributed by atoms with E-state index < -0.39 is 7.26 Å². The molecular formula is C21H46P+. The van der Waals surface area contributed by atoms with Crippen LogP contribution in [-0.4, -0.2) is 24.6 Å². The fraction of sp³-hybridized carbons (Fsp3) is 1.00. The van der Waals surface area contributed by atoms with Crippen LogP contribution in [-0.2, 0) is 0 Å². The number of unbranched alkanes of at least 4 members (excludes halogenated alkanes) is 9. The molecule has 1 heteroatoms. The first kappa shape index (κ1) is 22.4. The summed E-state index contributed by atoms with van der Waals surface area (Å²) in [5.74, 6) is 0.